The second-order valence-electron chi connectivity index (χ2n) is 7.50. The third-order valence-corrected chi connectivity index (χ3v) is 5.30. The molecule has 0 aliphatic carbocycles. The highest BCUT2D eigenvalue weighted by Gasteiger charge is 2.17. The molecule has 1 saturated heterocycles. The van der Waals surface area contributed by atoms with Gasteiger partial charge in [-0.15, -0.1) is 0 Å². The van der Waals surface area contributed by atoms with E-state index in [0.29, 0.717) is 23.5 Å². The molecule has 3 heterocycles. The van der Waals surface area contributed by atoms with Gasteiger partial charge in [0.2, 0.25) is 5.78 Å². The summed E-state index contributed by atoms with van der Waals surface area (Å²) in [5.74, 6) is 0.756. The third-order valence-electron chi connectivity index (χ3n) is 5.30. The Balaban J connectivity index is 1.53. The van der Waals surface area contributed by atoms with E-state index in [0.717, 1.165) is 44.1 Å². The number of anilines is 2. The molecule has 1 aromatic carbocycles. The zero-order valence-electron chi connectivity index (χ0n) is 17.3. The van der Waals surface area contributed by atoms with E-state index in [9.17, 15) is 4.79 Å². The standard InChI is InChI=1S/C24H27N5O/c1-18-21(15-20(17-26-18)27-16-19-7-3-2-4-8-19)24(30)22-9-5-10-23(28-22)29-13-6-11-25-12-14-29/h2-5,7-10,15,17,25,27H,6,11-14,16H2,1H3. The van der Waals surface area contributed by atoms with Crippen molar-refractivity contribution < 1.29 is 4.79 Å². The molecule has 1 aliphatic heterocycles. The lowest BCUT2D eigenvalue weighted by atomic mass is 10.1. The average molecular weight is 402 g/mol. The summed E-state index contributed by atoms with van der Waals surface area (Å²) in [6.45, 7) is 6.32. The van der Waals surface area contributed by atoms with Crippen LogP contribution in [0.1, 0.15) is 33.7 Å². The fourth-order valence-corrected chi connectivity index (χ4v) is 3.60. The molecule has 154 valence electrons. The lowest BCUT2D eigenvalue weighted by Crippen LogP contribution is -2.29. The van der Waals surface area contributed by atoms with E-state index in [2.05, 4.69) is 37.6 Å². The predicted octanol–water partition coefficient (Wildman–Crippen LogP) is 3.43. The van der Waals surface area contributed by atoms with Gasteiger partial charge in [-0.25, -0.2) is 4.98 Å². The summed E-state index contributed by atoms with van der Waals surface area (Å²) in [4.78, 5) is 24.6. The molecule has 30 heavy (non-hydrogen) atoms. The first-order valence-corrected chi connectivity index (χ1v) is 10.4. The van der Waals surface area contributed by atoms with Gasteiger partial charge in [0.15, 0.2) is 0 Å². The van der Waals surface area contributed by atoms with Gasteiger partial charge < -0.3 is 15.5 Å². The van der Waals surface area contributed by atoms with E-state index in [4.69, 9.17) is 0 Å². The number of hydrogen-bond donors (Lipinski definition) is 2. The maximum atomic E-state index is 13.2. The SMILES string of the molecule is Cc1ncc(NCc2ccccc2)cc1C(=O)c1cccc(N2CCCNCC2)n1. The van der Waals surface area contributed by atoms with Gasteiger partial charge in [-0.05, 0) is 43.7 Å². The third kappa shape index (κ3) is 4.83. The zero-order valence-corrected chi connectivity index (χ0v) is 17.3. The first-order valence-electron chi connectivity index (χ1n) is 10.4. The number of aryl methyl sites for hydroxylation is 1. The molecule has 0 amide bonds. The number of rotatable bonds is 6. The lowest BCUT2D eigenvalue weighted by molar-refractivity contribution is 0.103. The molecule has 1 fully saturated rings. The molecular formula is C24H27N5O. The second kappa shape index (κ2) is 9.50. The number of aromatic nitrogens is 2. The van der Waals surface area contributed by atoms with Crippen molar-refractivity contribution in [1.82, 2.24) is 15.3 Å². The summed E-state index contributed by atoms with van der Waals surface area (Å²) < 4.78 is 0. The van der Waals surface area contributed by atoms with E-state index in [1.54, 1.807) is 12.3 Å². The summed E-state index contributed by atoms with van der Waals surface area (Å²) in [5.41, 5.74) is 3.73. The maximum Gasteiger partial charge on any atom is 0.213 e. The Labute approximate surface area is 177 Å². The summed E-state index contributed by atoms with van der Waals surface area (Å²) in [5, 5.41) is 6.75. The highest BCUT2D eigenvalue weighted by atomic mass is 16.1. The fraction of sp³-hybridized carbons (Fsp3) is 0.292. The fourth-order valence-electron chi connectivity index (χ4n) is 3.60. The number of benzene rings is 1. The average Bonchev–Trinajstić information content (AvgIpc) is 3.08. The monoisotopic (exact) mass is 401 g/mol. The molecule has 6 nitrogen and oxygen atoms in total. The van der Waals surface area contributed by atoms with Crippen molar-refractivity contribution in [3.8, 4) is 0 Å². The normalized spacial score (nSPS) is 14.2. The van der Waals surface area contributed by atoms with Crippen molar-refractivity contribution in [2.45, 2.75) is 19.9 Å². The molecule has 0 spiro atoms. The van der Waals surface area contributed by atoms with Crippen molar-refractivity contribution in [2.75, 3.05) is 36.4 Å². The van der Waals surface area contributed by atoms with Crippen LogP contribution < -0.4 is 15.5 Å². The van der Waals surface area contributed by atoms with Crippen LogP contribution in [0.5, 0.6) is 0 Å². The molecule has 4 rings (SSSR count). The van der Waals surface area contributed by atoms with Crippen LogP contribution in [0.15, 0.2) is 60.8 Å². The van der Waals surface area contributed by atoms with Crippen LogP contribution >= 0.6 is 0 Å². The van der Waals surface area contributed by atoms with Crippen molar-refractivity contribution in [3.63, 3.8) is 0 Å². The lowest BCUT2D eigenvalue weighted by Gasteiger charge is -2.21. The molecule has 0 radical (unpaired) electrons. The van der Waals surface area contributed by atoms with Gasteiger partial charge >= 0.3 is 0 Å². The highest BCUT2D eigenvalue weighted by molar-refractivity contribution is 6.09. The predicted molar refractivity (Wildman–Crippen MR) is 120 cm³/mol. The second-order valence-corrected chi connectivity index (χ2v) is 7.50. The van der Waals surface area contributed by atoms with Crippen molar-refractivity contribution in [3.05, 3.63) is 83.3 Å². The van der Waals surface area contributed by atoms with E-state index in [-0.39, 0.29) is 5.78 Å². The van der Waals surface area contributed by atoms with Crippen LogP contribution in [-0.2, 0) is 6.54 Å². The van der Waals surface area contributed by atoms with Crippen LogP contribution in [0.25, 0.3) is 0 Å². The molecule has 0 unspecified atom stereocenters. The number of carbonyl (C=O) groups is 1. The Hall–Kier alpha value is -3.25. The number of nitrogens with zero attached hydrogens (tertiary/aromatic N) is 3. The number of carbonyl (C=O) groups excluding carboxylic acids is 1. The van der Waals surface area contributed by atoms with E-state index < -0.39 is 0 Å². The van der Waals surface area contributed by atoms with Gasteiger partial charge in [-0.2, -0.15) is 0 Å². The van der Waals surface area contributed by atoms with Gasteiger partial charge in [0.1, 0.15) is 11.5 Å². The van der Waals surface area contributed by atoms with Crippen molar-refractivity contribution >= 4 is 17.3 Å². The molecular weight excluding hydrogens is 374 g/mol. The Morgan fingerprint density at radius 2 is 1.97 bits per heavy atom. The van der Waals surface area contributed by atoms with E-state index in [1.165, 1.54) is 5.56 Å². The Morgan fingerprint density at radius 1 is 1.10 bits per heavy atom. The maximum absolute atomic E-state index is 13.2. The van der Waals surface area contributed by atoms with Crippen LogP contribution in [0.4, 0.5) is 11.5 Å². The molecule has 2 N–H and O–H groups in total. The molecule has 1 aliphatic rings. The van der Waals surface area contributed by atoms with Crippen LogP contribution in [0.3, 0.4) is 0 Å². The van der Waals surface area contributed by atoms with Crippen LogP contribution in [0, 0.1) is 6.92 Å². The Kier molecular flexibility index (Phi) is 6.35. The summed E-state index contributed by atoms with van der Waals surface area (Å²) in [7, 11) is 0. The summed E-state index contributed by atoms with van der Waals surface area (Å²) in [6.07, 6.45) is 2.83. The van der Waals surface area contributed by atoms with E-state index >= 15 is 0 Å². The smallest absolute Gasteiger partial charge is 0.213 e. The molecule has 6 heteroatoms. The van der Waals surface area contributed by atoms with Gasteiger partial charge in [0, 0.05) is 37.4 Å². The Morgan fingerprint density at radius 3 is 2.83 bits per heavy atom. The van der Waals surface area contributed by atoms with Crippen molar-refractivity contribution in [2.24, 2.45) is 0 Å². The molecule has 0 saturated carbocycles. The van der Waals surface area contributed by atoms with Crippen molar-refractivity contribution in [1.29, 1.82) is 0 Å². The first kappa shape index (κ1) is 20.0. The number of nitrogens with one attached hydrogen (secondary N) is 2. The van der Waals surface area contributed by atoms with Gasteiger partial charge in [0.05, 0.1) is 11.9 Å². The van der Waals surface area contributed by atoms with Crippen LogP contribution in [0.2, 0.25) is 0 Å². The quantitative estimate of drug-likeness (QED) is 0.617. The first-order chi connectivity index (χ1) is 14.7. The minimum Gasteiger partial charge on any atom is -0.380 e. The van der Waals surface area contributed by atoms with Gasteiger partial charge in [0.25, 0.3) is 0 Å². The summed E-state index contributed by atoms with van der Waals surface area (Å²) >= 11 is 0. The summed E-state index contributed by atoms with van der Waals surface area (Å²) in [6, 6.07) is 17.7. The zero-order chi connectivity index (χ0) is 20.8. The van der Waals surface area contributed by atoms with Gasteiger partial charge in [-0.1, -0.05) is 36.4 Å². The molecule has 0 atom stereocenters. The molecule has 2 aromatic heterocycles. The minimum absolute atomic E-state index is 0.0989. The van der Waals surface area contributed by atoms with Crippen LogP contribution in [-0.4, -0.2) is 41.9 Å². The van der Waals surface area contributed by atoms with Gasteiger partial charge in [-0.3, -0.25) is 9.78 Å². The number of ketones is 1. The molecule has 0 bridgehead atoms. The largest absolute Gasteiger partial charge is 0.380 e. The number of hydrogen-bond acceptors (Lipinski definition) is 6. The van der Waals surface area contributed by atoms with E-state index in [1.807, 2.05) is 43.3 Å². The topological polar surface area (TPSA) is 70.2 Å². The minimum atomic E-state index is -0.0989. The molecule has 3 aromatic rings. The highest BCUT2D eigenvalue weighted by Crippen LogP contribution is 2.19. The number of pyridine rings is 2. The Bertz CT molecular complexity index is 997.